The van der Waals surface area contributed by atoms with Gasteiger partial charge in [-0.05, 0) is 18.2 Å². The van der Waals surface area contributed by atoms with Gasteiger partial charge in [-0.1, -0.05) is 0 Å². The molecule has 0 saturated heterocycles. The van der Waals surface area contributed by atoms with Crippen molar-refractivity contribution in [2.24, 2.45) is 7.05 Å². The third-order valence-corrected chi connectivity index (χ3v) is 2.28. The Hall–Kier alpha value is -2.57. The van der Waals surface area contributed by atoms with E-state index in [-0.39, 0.29) is 11.9 Å². The van der Waals surface area contributed by atoms with Crippen molar-refractivity contribution in [1.82, 2.24) is 20.1 Å². The number of ether oxygens (including phenoxy) is 1. The van der Waals surface area contributed by atoms with E-state index >= 15 is 0 Å². The summed E-state index contributed by atoms with van der Waals surface area (Å²) in [4.78, 5) is 15.4. The fourth-order valence-electron chi connectivity index (χ4n) is 1.37. The number of hydrogen-bond acceptors (Lipinski definition) is 5. The predicted molar refractivity (Wildman–Crippen MR) is 65.3 cm³/mol. The minimum absolute atomic E-state index is 0.179. The summed E-state index contributed by atoms with van der Waals surface area (Å²) in [5.41, 5.74) is 6.63. The number of carbonyl (C=O) groups excluding carboxylic acids is 1. The average molecular weight is 247 g/mol. The fraction of sp³-hybridized carbons (Fsp3) is 0.182. The number of hydrogen-bond donors (Lipinski definition) is 2. The number of aromatic nitrogens is 3. The summed E-state index contributed by atoms with van der Waals surface area (Å²) in [5, 5.41) is 6.49. The Morgan fingerprint density at radius 2 is 2.28 bits per heavy atom. The van der Waals surface area contributed by atoms with Crippen LogP contribution in [0.5, 0.6) is 11.8 Å². The highest BCUT2D eigenvalue weighted by Crippen LogP contribution is 2.26. The molecular formula is C11H13N5O2. The van der Waals surface area contributed by atoms with E-state index in [9.17, 15) is 4.79 Å². The van der Waals surface area contributed by atoms with Crippen LogP contribution >= 0.6 is 0 Å². The lowest BCUT2D eigenvalue weighted by molar-refractivity contribution is 0.0963. The van der Waals surface area contributed by atoms with Gasteiger partial charge in [-0.2, -0.15) is 4.98 Å². The second-order valence-corrected chi connectivity index (χ2v) is 3.63. The molecule has 0 atom stereocenters. The van der Waals surface area contributed by atoms with Crippen LogP contribution in [0.15, 0.2) is 24.5 Å². The molecule has 0 spiro atoms. The first kappa shape index (κ1) is 11.9. The topological polar surface area (TPSA) is 95.1 Å². The molecule has 0 unspecified atom stereocenters. The third-order valence-electron chi connectivity index (χ3n) is 2.28. The van der Waals surface area contributed by atoms with E-state index in [2.05, 4.69) is 15.4 Å². The number of amides is 1. The van der Waals surface area contributed by atoms with Gasteiger partial charge in [0.05, 0.1) is 5.69 Å². The number of nitrogens with one attached hydrogen (secondary N) is 1. The molecular weight excluding hydrogens is 234 g/mol. The second-order valence-electron chi connectivity index (χ2n) is 3.63. The van der Waals surface area contributed by atoms with Crippen LogP contribution in [0.3, 0.4) is 0 Å². The Balaban J connectivity index is 2.29. The van der Waals surface area contributed by atoms with Gasteiger partial charge in [0.15, 0.2) is 5.75 Å². The molecule has 0 bridgehead atoms. The lowest BCUT2D eigenvalue weighted by Gasteiger charge is -2.07. The highest BCUT2D eigenvalue weighted by Gasteiger charge is 2.10. The molecule has 0 saturated carbocycles. The second kappa shape index (κ2) is 4.74. The van der Waals surface area contributed by atoms with Crippen molar-refractivity contribution in [3.63, 3.8) is 0 Å². The molecule has 1 heterocycles. The molecule has 0 aliphatic rings. The molecule has 94 valence electrons. The van der Waals surface area contributed by atoms with Gasteiger partial charge in [-0.15, -0.1) is 5.10 Å². The van der Waals surface area contributed by atoms with Crippen LogP contribution in [0.4, 0.5) is 5.69 Å². The molecule has 18 heavy (non-hydrogen) atoms. The van der Waals surface area contributed by atoms with Gasteiger partial charge in [0, 0.05) is 19.7 Å². The van der Waals surface area contributed by atoms with Gasteiger partial charge in [-0.25, -0.2) is 0 Å². The van der Waals surface area contributed by atoms with Crippen LogP contribution in [0.1, 0.15) is 10.4 Å². The Labute approximate surface area is 104 Å². The highest BCUT2D eigenvalue weighted by molar-refractivity contribution is 5.95. The first-order valence-corrected chi connectivity index (χ1v) is 5.25. The lowest BCUT2D eigenvalue weighted by atomic mass is 10.2. The maximum atomic E-state index is 11.5. The Kier molecular flexibility index (Phi) is 3.13. The maximum absolute atomic E-state index is 11.5. The van der Waals surface area contributed by atoms with E-state index in [4.69, 9.17) is 10.5 Å². The van der Waals surface area contributed by atoms with E-state index in [1.54, 1.807) is 32.3 Å². The van der Waals surface area contributed by atoms with E-state index in [0.717, 1.165) is 0 Å². The number of rotatable bonds is 3. The van der Waals surface area contributed by atoms with E-state index in [1.807, 2.05) is 0 Å². The quantitative estimate of drug-likeness (QED) is 0.772. The first-order valence-electron chi connectivity index (χ1n) is 5.25. The molecule has 0 fully saturated rings. The predicted octanol–water partition coefficient (Wildman–Crippen LogP) is 0.549. The zero-order chi connectivity index (χ0) is 13.1. The number of carbonyl (C=O) groups is 1. The molecule has 7 heteroatoms. The highest BCUT2D eigenvalue weighted by atomic mass is 16.5. The summed E-state index contributed by atoms with van der Waals surface area (Å²) < 4.78 is 6.93. The molecule has 1 aromatic heterocycles. The lowest BCUT2D eigenvalue weighted by Crippen LogP contribution is -2.17. The van der Waals surface area contributed by atoms with Crippen LogP contribution in [0, 0.1) is 0 Å². The van der Waals surface area contributed by atoms with Crippen LogP contribution < -0.4 is 15.8 Å². The van der Waals surface area contributed by atoms with Gasteiger partial charge in [0.1, 0.15) is 6.33 Å². The minimum atomic E-state index is -0.214. The van der Waals surface area contributed by atoms with Gasteiger partial charge in [0.25, 0.3) is 5.91 Å². The molecule has 0 aliphatic carbocycles. The molecule has 2 rings (SSSR count). The smallest absolute Gasteiger partial charge is 0.341 e. The normalized spacial score (nSPS) is 10.1. The van der Waals surface area contributed by atoms with Crippen LogP contribution in [-0.2, 0) is 7.05 Å². The van der Waals surface area contributed by atoms with Crippen LogP contribution in [0.2, 0.25) is 0 Å². The molecule has 0 aliphatic heterocycles. The molecule has 3 N–H and O–H groups in total. The van der Waals surface area contributed by atoms with E-state index in [1.165, 1.54) is 11.0 Å². The monoisotopic (exact) mass is 247 g/mol. The number of nitrogens with two attached hydrogens (primary N) is 1. The molecule has 1 aromatic carbocycles. The SMILES string of the molecule is CNC(=O)c1ccc(N)c(Oc2ncn(C)n2)c1. The Morgan fingerprint density at radius 1 is 1.50 bits per heavy atom. The zero-order valence-corrected chi connectivity index (χ0v) is 10.0. The number of anilines is 1. The molecule has 7 nitrogen and oxygen atoms in total. The van der Waals surface area contributed by atoms with E-state index < -0.39 is 0 Å². The fourth-order valence-corrected chi connectivity index (χ4v) is 1.37. The summed E-state index contributed by atoms with van der Waals surface area (Å²) in [6.07, 6.45) is 1.51. The molecule has 0 radical (unpaired) electrons. The number of benzene rings is 1. The molecule has 2 aromatic rings. The average Bonchev–Trinajstić information content (AvgIpc) is 2.76. The van der Waals surface area contributed by atoms with Gasteiger partial charge >= 0.3 is 6.01 Å². The van der Waals surface area contributed by atoms with Crippen molar-refractivity contribution in [3.8, 4) is 11.8 Å². The van der Waals surface area contributed by atoms with Gasteiger partial charge < -0.3 is 15.8 Å². The standard InChI is InChI=1S/C11H13N5O2/c1-13-10(17)7-3-4-8(12)9(5-7)18-11-14-6-16(2)15-11/h3-6H,12H2,1-2H3,(H,13,17). The summed E-state index contributed by atoms with van der Waals surface area (Å²) in [6.45, 7) is 0. The van der Waals surface area contributed by atoms with E-state index in [0.29, 0.717) is 17.0 Å². The van der Waals surface area contributed by atoms with Gasteiger partial charge in [-0.3, -0.25) is 9.48 Å². The van der Waals surface area contributed by atoms with Crippen molar-refractivity contribution < 1.29 is 9.53 Å². The van der Waals surface area contributed by atoms with Crippen LogP contribution in [-0.4, -0.2) is 27.7 Å². The first-order chi connectivity index (χ1) is 8.60. The van der Waals surface area contributed by atoms with Crippen molar-refractivity contribution in [3.05, 3.63) is 30.1 Å². The third kappa shape index (κ3) is 2.40. The molecule has 1 amide bonds. The summed E-state index contributed by atoms with van der Waals surface area (Å²) in [7, 11) is 3.28. The van der Waals surface area contributed by atoms with Crippen molar-refractivity contribution in [1.29, 1.82) is 0 Å². The van der Waals surface area contributed by atoms with Crippen LogP contribution in [0.25, 0.3) is 0 Å². The summed E-state index contributed by atoms with van der Waals surface area (Å²) >= 11 is 0. The van der Waals surface area contributed by atoms with Crippen molar-refractivity contribution in [2.75, 3.05) is 12.8 Å². The van der Waals surface area contributed by atoms with Crippen molar-refractivity contribution in [2.45, 2.75) is 0 Å². The minimum Gasteiger partial charge on any atom is -0.421 e. The Bertz CT molecular complexity index is 579. The summed E-state index contributed by atoms with van der Waals surface area (Å²) in [6, 6.07) is 4.94. The number of aryl methyl sites for hydroxylation is 1. The zero-order valence-electron chi connectivity index (χ0n) is 10.0. The maximum Gasteiger partial charge on any atom is 0.341 e. The van der Waals surface area contributed by atoms with Crippen molar-refractivity contribution >= 4 is 11.6 Å². The number of nitrogens with zero attached hydrogens (tertiary/aromatic N) is 3. The summed E-state index contributed by atoms with van der Waals surface area (Å²) in [5.74, 6) is 0.135. The number of nitrogen functional groups attached to an aromatic ring is 1. The Morgan fingerprint density at radius 3 is 2.89 bits per heavy atom. The van der Waals surface area contributed by atoms with Gasteiger partial charge in [0.2, 0.25) is 0 Å². The largest absolute Gasteiger partial charge is 0.421 e.